The summed E-state index contributed by atoms with van der Waals surface area (Å²) >= 11 is 4.53. The van der Waals surface area contributed by atoms with Gasteiger partial charge in [-0.15, -0.1) is 0 Å². The van der Waals surface area contributed by atoms with Gasteiger partial charge in [0.25, 0.3) is 0 Å². The van der Waals surface area contributed by atoms with Crippen LogP contribution in [0.25, 0.3) is 0 Å². The Kier molecular flexibility index (Phi) is 11.3. The molecule has 0 atom stereocenters. The van der Waals surface area contributed by atoms with Gasteiger partial charge < -0.3 is 9.05 Å². The van der Waals surface area contributed by atoms with E-state index >= 15 is 0 Å². The molecular weight excluding hydrogens is 217 g/mol. The summed E-state index contributed by atoms with van der Waals surface area (Å²) in [4.78, 5) is 0. The summed E-state index contributed by atoms with van der Waals surface area (Å²) in [5.74, 6) is 0. The molecule has 0 aromatic heterocycles. The molecule has 0 amide bonds. The first-order valence-corrected chi connectivity index (χ1v) is 6.52. The van der Waals surface area contributed by atoms with Crippen LogP contribution >= 0.6 is 20.7 Å². The molecule has 0 aliphatic rings. The summed E-state index contributed by atoms with van der Waals surface area (Å²) < 4.78 is 14.7. The van der Waals surface area contributed by atoms with Crippen LogP contribution in [0, 0.1) is 0 Å². The van der Waals surface area contributed by atoms with E-state index in [0.717, 1.165) is 25.7 Å². The lowest BCUT2D eigenvalue weighted by atomic mass is 10.4. The fourth-order valence-corrected chi connectivity index (χ4v) is 1.73. The van der Waals surface area contributed by atoms with Crippen LogP contribution in [0.15, 0.2) is 4.76 Å². The molecule has 0 aliphatic heterocycles. The Morgan fingerprint density at radius 2 is 1.64 bits per heavy atom. The molecule has 0 spiro atoms. The van der Waals surface area contributed by atoms with E-state index in [2.05, 4.69) is 36.0 Å². The maximum Gasteiger partial charge on any atom is 0.319 e. The molecule has 14 heavy (non-hydrogen) atoms. The molecule has 0 aliphatic carbocycles. The summed E-state index contributed by atoms with van der Waals surface area (Å²) in [6.07, 6.45) is 4.28. The zero-order valence-electron chi connectivity index (χ0n) is 8.86. The number of unbranched alkanes of at least 4 members (excludes halogenated alkanes) is 2. The highest BCUT2D eigenvalue weighted by atomic mass is 32.1. The minimum atomic E-state index is -1.17. The third-order valence-corrected chi connectivity index (χ3v) is 2.82. The lowest BCUT2D eigenvalue weighted by molar-refractivity contribution is 0.244. The van der Waals surface area contributed by atoms with Crippen LogP contribution in [-0.4, -0.2) is 18.4 Å². The molecule has 0 heterocycles. The van der Waals surface area contributed by atoms with Gasteiger partial charge in [-0.05, 0) is 25.1 Å². The number of thiocarbonyl (C=S) groups is 1. The first-order valence-electron chi connectivity index (χ1n) is 4.98. The van der Waals surface area contributed by atoms with Crippen molar-refractivity contribution in [2.75, 3.05) is 13.2 Å². The molecule has 0 N–H and O–H groups in total. The highest BCUT2D eigenvalue weighted by molar-refractivity contribution is 7.78. The first kappa shape index (κ1) is 14.2. The van der Waals surface area contributed by atoms with Gasteiger partial charge in [0.1, 0.15) is 0 Å². The summed E-state index contributed by atoms with van der Waals surface area (Å²) in [5, 5.41) is 2.31. The molecule has 3 nitrogen and oxygen atoms in total. The van der Waals surface area contributed by atoms with Gasteiger partial charge in [-0.25, -0.2) is 0 Å². The highest BCUT2D eigenvalue weighted by Gasteiger charge is 2.07. The van der Waals surface area contributed by atoms with Gasteiger partial charge in [0.05, 0.1) is 18.4 Å². The van der Waals surface area contributed by atoms with Crippen molar-refractivity contribution in [3.8, 4) is 0 Å². The van der Waals surface area contributed by atoms with Gasteiger partial charge in [-0.1, -0.05) is 26.7 Å². The average Bonchev–Trinajstić information content (AvgIpc) is 2.18. The van der Waals surface area contributed by atoms with Crippen LogP contribution in [0.3, 0.4) is 0 Å². The summed E-state index contributed by atoms with van der Waals surface area (Å²) in [5.41, 5.74) is 0. The molecule has 0 saturated heterocycles. The lowest BCUT2D eigenvalue weighted by Gasteiger charge is -2.10. The fraction of sp³-hybridized carbons (Fsp3) is 0.889. The van der Waals surface area contributed by atoms with Gasteiger partial charge in [0.2, 0.25) is 0 Å². The van der Waals surface area contributed by atoms with E-state index in [-0.39, 0.29) is 0 Å². The zero-order chi connectivity index (χ0) is 10.6. The Morgan fingerprint density at radius 1 is 1.14 bits per heavy atom. The SMILES string of the molecule is CCCCOP(N=C=S)OCCCC. The Hall–Kier alpha value is 0.150. The van der Waals surface area contributed by atoms with E-state index in [1.54, 1.807) is 0 Å². The third-order valence-electron chi connectivity index (χ3n) is 1.52. The fourth-order valence-electron chi connectivity index (χ4n) is 0.702. The van der Waals surface area contributed by atoms with Crippen LogP contribution in [-0.2, 0) is 9.05 Å². The number of rotatable bonds is 9. The normalized spacial score (nSPS) is 10.2. The second-order valence-electron chi connectivity index (χ2n) is 2.80. The second kappa shape index (κ2) is 11.2. The number of nitrogens with zero attached hydrogens (tertiary/aromatic N) is 1. The quantitative estimate of drug-likeness (QED) is 0.262. The summed E-state index contributed by atoms with van der Waals surface area (Å²) in [6, 6.07) is 0. The van der Waals surface area contributed by atoms with Gasteiger partial charge >= 0.3 is 8.53 Å². The summed E-state index contributed by atoms with van der Waals surface area (Å²) in [7, 11) is -1.17. The maximum atomic E-state index is 5.42. The van der Waals surface area contributed by atoms with Crippen LogP contribution < -0.4 is 0 Å². The Morgan fingerprint density at radius 3 is 2.00 bits per heavy atom. The Bertz CT molecular complexity index is 164. The number of hydrogen-bond acceptors (Lipinski definition) is 4. The van der Waals surface area contributed by atoms with Gasteiger partial charge in [0.15, 0.2) is 0 Å². The van der Waals surface area contributed by atoms with Crippen molar-refractivity contribution < 1.29 is 9.05 Å². The van der Waals surface area contributed by atoms with E-state index in [4.69, 9.17) is 9.05 Å². The molecule has 0 rings (SSSR count). The van der Waals surface area contributed by atoms with Crippen LogP contribution in [0.2, 0.25) is 0 Å². The van der Waals surface area contributed by atoms with E-state index in [1.165, 1.54) is 0 Å². The van der Waals surface area contributed by atoms with Crippen molar-refractivity contribution in [3.63, 3.8) is 0 Å². The van der Waals surface area contributed by atoms with Crippen molar-refractivity contribution in [1.29, 1.82) is 0 Å². The number of hydrogen-bond donors (Lipinski definition) is 0. The lowest BCUT2D eigenvalue weighted by Crippen LogP contribution is -1.93. The Labute approximate surface area is 92.9 Å². The van der Waals surface area contributed by atoms with Gasteiger partial charge in [-0.2, -0.15) is 4.76 Å². The van der Waals surface area contributed by atoms with E-state index in [9.17, 15) is 0 Å². The molecule has 82 valence electrons. The number of isothiocyanates is 1. The smallest absolute Gasteiger partial charge is 0.316 e. The monoisotopic (exact) mass is 235 g/mol. The minimum absolute atomic E-state index is 0.689. The molecule has 0 saturated carbocycles. The predicted molar refractivity (Wildman–Crippen MR) is 63.7 cm³/mol. The van der Waals surface area contributed by atoms with E-state index in [0.29, 0.717) is 13.2 Å². The molecule has 0 bridgehead atoms. The predicted octanol–water partition coefficient (Wildman–Crippen LogP) is 3.95. The summed E-state index contributed by atoms with van der Waals surface area (Å²) in [6.45, 7) is 5.61. The van der Waals surface area contributed by atoms with Crippen molar-refractivity contribution in [2.24, 2.45) is 4.76 Å². The highest BCUT2D eigenvalue weighted by Crippen LogP contribution is 2.39. The van der Waals surface area contributed by atoms with Gasteiger partial charge in [-0.3, -0.25) is 0 Å². The second-order valence-corrected chi connectivity index (χ2v) is 4.18. The van der Waals surface area contributed by atoms with Crippen LogP contribution in [0.1, 0.15) is 39.5 Å². The zero-order valence-corrected chi connectivity index (χ0v) is 10.6. The molecule has 0 radical (unpaired) electrons. The Balaban J connectivity index is 3.60. The van der Waals surface area contributed by atoms with Crippen LogP contribution in [0.5, 0.6) is 0 Å². The molecule has 5 heteroatoms. The van der Waals surface area contributed by atoms with Crippen LogP contribution in [0.4, 0.5) is 0 Å². The maximum absolute atomic E-state index is 5.42. The molecule has 0 aromatic rings. The van der Waals surface area contributed by atoms with Crippen molar-refractivity contribution in [2.45, 2.75) is 39.5 Å². The standard InChI is InChI=1S/C9H18NO2PS/c1-3-5-7-11-13(10-9-14)12-8-6-4-2/h3-8H2,1-2H3. The van der Waals surface area contributed by atoms with Crippen molar-refractivity contribution in [1.82, 2.24) is 0 Å². The molecule has 0 fully saturated rings. The average molecular weight is 235 g/mol. The largest absolute Gasteiger partial charge is 0.319 e. The first-order chi connectivity index (χ1) is 6.85. The molecule has 0 unspecified atom stereocenters. The molecular formula is C9H18NO2PS. The minimum Gasteiger partial charge on any atom is -0.316 e. The van der Waals surface area contributed by atoms with E-state index < -0.39 is 8.53 Å². The third kappa shape index (κ3) is 8.74. The molecule has 0 aromatic carbocycles. The topological polar surface area (TPSA) is 30.8 Å². The van der Waals surface area contributed by atoms with Crippen molar-refractivity contribution >= 4 is 25.9 Å². The van der Waals surface area contributed by atoms with Gasteiger partial charge in [0, 0.05) is 0 Å². The van der Waals surface area contributed by atoms with Crippen molar-refractivity contribution in [3.05, 3.63) is 0 Å². The van der Waals surface area contributed by atoms with E-state index in [1.807, 2.05) is 0 Å².